The number of fused-ring (bicyclic) bond motifs is 3. The lowest BCUT2D eigenvalue weighted by atomic mass is 9.99. The minimum Gasteiger partial charge on any atom is -0.307 e. The maximum atomic E-state index is 10.9. The molecule has 0 unspecified atom stereocenters. The normalized spacial score (nSPS) is 11.0. The number of rotatable bonds is 6. The van der Waals surface area contributed by atoms with Crippen molar-refractivity contribution in [2.45, 2.75) is 0 Å². The van der Waals surface area contributed by atoms with Crippen LogP contribution in [0, 0.1) is 22.7 Å². The first-order valence-corrected chi connectivity index (χ1v) is 17.4. The molecule has 9 rings (SSSR count). The molecular formula is C48H29N5. The molecule has 0 spiro atoms. The summed E-state index contributed by atoms with van der Waals surface area (Å²) in [4.78, 5) is 9.93. The summed E-state index contributed by atoms with van der Waals surface area (Å²) in [7, 11) is 0. The van der Waals surface area contributed by atoms with Crippen molar-refractivity contribution in [1.29, 1.82) is 10.5 Å². The van der Waals surface area contributed by atoms with Crippen LogP contribution in [0.5, 0.6) is 0 Å². The molecule has 0 aliphatic rings. The van der Waals surface area contributed by atoms with Crippen LogP contribution in [-0.2, 0) is 0 Å². The van der Waals surface area contributed by atoms with E-state index < -0.39 is 0 Å². The number of hydrogen-bond acceptors (Lipinski definition) is 4. The van der Waals surface area contributed by atoms with Crippen LogP contribution in [-0.4, -0.2) is 14.5 Å². The van der Waals surface area contributed by atoms with Gasteiger partial charge in [0.05, 0.1) is 39.2 Å². The van der Waals surface area contributed by atoms with Crippen LogP contribution in [0.15, 0.2) is 176 Å². The van der Waals surface area contributed by atoms with Gasteiger partial charge >= 0.3 is 0 Å². The van der Waals surface area contributed by atoms with E-state index in [1.807, 2.05) is 115 Å². The Hall–Kier alpha value is -7.60. The zero-order valence-electron chi connectivity index (χ0n) is 28.5. The van der Waals surface area contributed by atoms with Crippen molar-refractivity contribution >= 4 is 21.8 Å². The van der Waals surface area contributed by atoms with Crippen LogP contribution < -0.4 is 0 Å². The molecule has 0 saturated heterocycles. The van der Waals surface area contributed by atoms with Gasteiger partial charge in [-0.15, -0.1) is 0 Å². The second kappa shape index (κ2) is 13.3. The molecule has 7 aromatic carbocycles. The molecule has 2 aromatic heterocycles. The Morgan fingerprint density at radius 2 is 0.792 bits per heavy atom. The predicted molar refractivity (Wildman–Crippen MR) is 213 cm³/mol. The first kappa shape index (κ1) is 31.4. The summed E-state index contributed by atoms with van der Waals surface area (Å²) in [5.41, 5.74) is 11.2. The highest BCUT2D eigenvalue weighted by Gasteiger charge is 2.22. The highest BCUT2D eigenvalue weighted by atomic mass is 15.0. The van der Waals surface area contributed by atoms with Crippen molar-refractivity contribution in [3.63, 3.8) is 0 Å². The summed E-state index contributed by atoms with van der Waals surface area (Å²) < 4.78 is 2.09. The van der Waals surface area contributed by atoms with Gasteiger partial charge in [0.1, 0.15) is 12.1 Å². The third-order valence-electron chi connectivity index (χ3n) is 9.68. The second-order valence-electron chi connectivity index (χ2n) is 12.9. The molecule has 246 valence electrons. The second-order valence-corrected chi connectivity index (χ2v) is 12.9. The first-order chi connectivity index (χ1) is 26.2. The largest absolute Gasteiger partial charge is 0.307 e. The van der Waals surface area contributed by atoms with Gasteiger partial charge in [0.15, 0.2) is 5.82 Å². The van der Waals surface area contributed by atoms with Gasteiger partial charge in [-0.2, -0.15) is 10.5 Å². The minimum absolute atomic E-state index is 0.370. The number of benzene rings is 7. The van der Waals surface area contributed by atoms with Crippen LogP contribution in [0.1, 0.15) is 11.1 Å². The lowest BCUT2D eigenvalue weighted by molar-refractivity contribution is 1.15. The average molecular weight is 676 g/mol. The van der Waals surface area contributed by atoms with Gasteiger partial charge in [-0.05, 0) is 52.6 Å². The Bertz CT molecular complexity index is 2690. The maximum Gasteiger partial charge on any atom is 0.160 e. The van der Waals surface area contributed by atoms with Crippen molar-refractivity contribution in [3.8, 4) is 74.0 Å². The molecule has 0 saturated carbocycles. The number of hydrogen-bond donors (Lipinski definition) is 0. The fourth-order valence-electron chi connectivity index (χ4n) is 7.14. The summed E-state index contributed by atoms with van der Waals surface area (Å²) in [5.74, 6) is 0.562. The van der Waals surface area contributed by atoms with E-state index in [9.17, 15) is 10.5 Å². The SMILES string of the molecule is N#Cc1cc(-c2cc(-c3ccccc3)nc(-c3ccccc3)n2)cc(C#N)c1-n1c2cc(-c3ccccc3)ccc2c2ccc(-c3ccccc3)cc21. The summed E-state index contributed by atoms with van der Waals surface area (Å²) in [6, 6.07) is 63.7. The monoisotopic (exact) mass is 675 g/mol. The summed E-state index contributed by atoms with van der Waals surface area (Å²) in [6.45, 7) is 0. The topological polar surface area (TPSA) is 78.3 Å². The molecule has 0 aliphatic heterocycles. The Balaban J connectivity index is 1.31. The third kappa shape index (κ3) is 5.69. The van der Waals surface area contributed by atoms with Gasteiger partial charge in [-0.25, -0.2) is 9.97 Å². The molecular weight excluding hydrogens is 647 g/mol. The number of nitriles is 2. The molecule has 53 heavy (non-hydrogen) atoms. The van der Waals surface area contributed by atoms with Crippen molar-refractivity contribution in [2.75, 3.05) is 0 Å². The predicted octanol–water partition coefficient (Wildman–Crippen LogP) is 11.7. The van der Waals surface area contributed by atoms with Crippen molar-refractivity contribution in [3.05, 3.63) is 187 Å². The van der Waals surface area contributed by atoms with E-state index in [0.717, 1.165) is 60.9 Å². The lowest BCUT2D eigenvalue weighted by Gasteiger charge is -2.15. The Labute approximate surface area is 307 Å². The summed E-state index contributed by atoms with van der Waals surface area (Å²) in [6.07, 6.45) is 0. The molecule has 0 fully saturated rings. The van der Waals surface area contributed by atoms with Gasteiger partial charge in [0, 0.05) is 27.5 Å². The summed E-state index contributed by atoms with van der Waals surface area (Å²) >= 11 is 0. The molecule has 2 heterocycles. The van der Waals surface area contributed by atoms with E-state index >= 15 is 0 Å². The van der Waals surface area contributed by atoms with Crippen molar-refractivity contribution in [2.24, 2.45) is 0 Å². The van der Waals surface area contributed by atoms with E-state index in [-0.39, 0.29) is 0 Å². The molecule has 5 heteroatoms. The molecule has 0 atom stereocenters. The van der Waals surface area contributed by atoms with E-state index in [1.54, 1.807) is 0 Å². The van der Waals surface area contributed by atoms with Crippen molar-refractivity contribution < 1.29 is 0 Å². The minimum atomic E-state index is 0.370. The fraction of sp³-hybridized carbons (Fsp3) is 0. The molecule has 0 aliphatic carbocycles. The van der Waals surface area contributed by atoms with Gasteiger partial charge in [0.2, 0.25) is 0 Å². The highest BCUT2D eigenvalue weighted by Crippen LogP contribution is 2.40. The van der Waals surface area contributed by atoms with Gasteiger partial charge in [0.25, 0.3) is 0 Å². The van der Waals surface area contributed by atoms with Gasteiger partial charge < -0.3 is 4.57 Å². The smallest absolute Gasteiger partial charge is 0.160 e. The summed E-state index contributed by atoms with van der Waals surface area (Å²) in [5, 5.41) is 23.8. The maximum absolute atomic E-state index is 10.9. The number of nitrogens with zero attached hydrogens (tertiary/aromatic N) is 5. The standard InChI is InChI=1S/C48H29N5/c49-30-39-25-38(44-29-43(34-17-9-3-10-18-34)51-48(52-44)35-19-11-4-12-20-35)26-40(31-50)47(39)53-45-27-36(32-13-5-1-6-14-32)21-23-41(45)42-24-22-37(28-46(42)53)33-15-7-2-8-16-33/h1-29H. The zero-order valence-corrected chi connectivity index (χ0v) is 28.5. The highest BCUT2D eigenvalue weighted by molar-refractivity contribution is 6.11. The number of aromatic nitrogens is 3. The Morgan fingerprint density at radius 1 is 0.377 bits per heavy atom. The molecule has 0 amide bonds. The Kier molecular flexibility index (Phi) is 7.86. The van der Waals surface area contributed by atoms with Crippen molar-refractivity contribution in [1.82, 2.24) is 14.5 Å². The van der Waals surface area contributed by atoms with Crippen LogP contribution in [0.2, 0.25) is 0 Å². The molecule has 5 nitrogen and oxygen atoms in total. The molecule has 0 N–H and O–H groups in total. The quantitative estimate of drug-likeness (QED) is 0.176. The van der Waals surface area contributed by atoms with E-state index in [4.69, 9.17) is 9.97 Å². The third-order valence-corrected chi connectivity index (χ3v) is 9.68. The zero-order chi connectivity index (χ0) is 35.7. The lowest BCUT2D eigenvalue weighted by Crippen LogP contribution is -2.03. The van der Waals surface area contributed by atoms with E-state index in [2.05, 4.69) is 77.4 Å². The van der Waals surface area contributed by atoms with Crippen LogP contribution in [0.25, 0.3) is 83.6 Å². The van der Waals surface area contributed by atoms with Gasteiger partial charge in [-0.3, -0.25) is 0 Å². The van der Waals surface area contributed by atoms with Gasteiger partial charge in [-0.1, -0.05) is 146 Å². The van der Waals surface area contributed by atoms with E-state index in [0.29, 0.717) is 33.9 Å². The van der Waals surface area contributed by atoms with Crippen LogP contribution in [0.3, 0.4) is 0 Å². The average Bonchev–Trinajstić information content (AvgIpc) is 3.56. The molecule has 0 bridgehead atoms. The first-order valence-electron chi connectivity index (χ1n) is 17.4. The van der Waals surface area contributed by atoms with E-state index in [1.165, 1.54) is 0 Å². The van der Waals surface area contributed by atoms with Crippen LogP contribution >= 0.6 is 0 Å². The fourth-order valence-corrected chi connectivity index (χ4v) is 7.14. The Morgan fingerprint density at radius 3 is 1.25 bits per heavy atom. The molecule has 9 aromatic rings. The van der Waals surface area contributed by atoms with Crippen LogP contribution in [0.4, 0.5) is 0 Å². The molecule has 0 radical (unpaired) electrons.